The zero-order valence-electron chi connectivity index (χ0n) is 22.2. The minimum absolute atomic E-state index is 0.0121. The molecular weight excluding hydrogens is 524 g/mol. The summed E-state index contributed by atoms with van der Waals surface area (Å²) in [5.74, 6) is -2.43. The van der Waals surface area contributed by atoms with Crippen LogP contribution >= 0.6 is 23.4 Å². The number of carbonyl (C=O) groups excluding carboxylic acids is 3. The molecule has 1 aromatic rings. The Kier molecular flexibility index (Phi) is 8.65. The molecule has 0 aliphatic carbocycles. The molecule has 8 atom stereocenters. The van der Waals surface area contributed by atoms with Gasteiger partial charge < -0.3 is 19.6 Å². The van der Waals surface area contributed by atoms with Crippen molar-refractivity contribution in [2.75, 3.05) is 24.7 Å². The number of likely N-dealkylation sites (tertiary alicyclic amines) is 1. The van der Waals surface area contributed by atoms with E-state index >= 15 is 0 Å². The fraction of sp³-hybridized carbons (Fsp3) is 0.552. The summed E-state index contributed by atoms with van der Waals surface area (Å²) in [6.45, 7) is 13.5. The highest BCUT2D eigenvalue weighted by atomic mass is 35.5. The van der Waals surface area contributed by atoms with Gasteiger partial charge in [0.1, 0.15) is 12.6 Å². The van der Waals surface area contributed by atoms with Gasteiger partial charge in [0.25, 0.3) is 5.91 Å². The van der Waals surface area contributed by atoms with Crippen molar-refractivity contribution in [2.45, 2.75) is 55.7 Å². The number of hydrogen-bond acceptors (Lipinski definition) is 6. The van der Waals surface area contributed by atoms with Crippen LogP contribution in [0.3, 0.4) is 0 Å². The number of anilines is 1. The van der Waals surface area contributed by atoms with Gasteiger partial charge in [-0.15, -0.1) is 18.3 Å². The van der Waals surface area contributed by atoms with Crippen molar-refractivity contribution in [2.24, 2.45) is 23.7 Å². The van der Waals surface area contributed by atoms with Gasteiger partial charge in [-0.1, -0.05) is 69.7 Å². The van der Waals surface area contributed by atoms with Crippen LogP contribution in [-0.2, 0) is 19.1 Å². The summed E-state index contributed by atoms with van der Waals surface area (Å²) in [6, 6.07) is 5.64. The second kappa shape index (κ2) is 11.4. The molecule has 1 N–H and O–H groups in total. The second-order valence-electron chi connectivity index (χ2n) is 10.5. The van der Waals surface area contributed by atoms with E-state index < -0.39 is 34.6 Å². The van der Waals surface area contributed by atoms with Gasteiger partial charge in [0.15, 0.2) is 0 Å². The van der Waals surface area contributed by atoms with Crippen molar-refractivity contribution in [1.29, 1.82) is 0 Å². The van der Waals surface area contributed by atoms with E-state index in [2.05, 4.69) is 20.1 Å². The van der Waals surface area contributed by atoms with Crippen LogP contribution in [0.1, 0.15) is 33.6 Å². The zero-order valence-corrected chi connectivity index (χ0v) is 23.8. The summed E-state index contributed by atoms with van der Waals surface area (Å²) in [5, 5.41) is 10.8. The van der Waals surface area contributed by atoms with Gasteiger partial charge in [-0.25, -0.2) is 0 Å². The van der Waals surface area contributed by atoms with Crippen LogP contribution in [0.15, 0.2) is 49.6 Å². The van der Waals surface area contributed by atoms with Crippen LogP contribution < -0.4 is 4.90 Å². The molecule has 38 heavy (non-hydrogen) atoms. The molecule has 206 valence electrons. The number of ether oxygens (including phenoxy) is 1. The number of fused-ring (bicyclic) bond motifs is 1. The maximum atomic E-state index is 14.7. The van der Waals surface area contributed by atoms with Crippen molar-refractivity contribution in [3.63, 3.8) is 0 Å². The first-order valence-electron chi connectivity index (χ1n) is 13.2. The standard InChI is InChI=1S/C29H37ClN2O5S/c1-6-13-31(20-12-10-9-11-19(20)30)27(35)25-29-18(5)15-22(38-29)23(28(36)37-14-7-2)24(29)26(34)32(25)21(16-33)17(4)8-3/h6-7,9-12,17-18,21-25,33H,1-2,8,13-16H2,3-5H3/t17-,18?,21-,22+,23-,24-,25?,29?/m0/s1. The summed E-state index contributed by atoms with van der Waals surface area (Å²) in [7, 11) is 0. The maximum absolute atomic E-state index is 14.7. The first kappa shape index (κ1) is 28.7. The molecule has 3 aliphatic rings. The lowest BCUT2D eigenvalue weighted by molar-refractivity contribution is -0.154. The predicted octanol–water partition coefficient (Wildman–Crippen LogP) is 4.33. The molecule has 3 aliphatic heterocycles. The number of halogens is 1. The summed E-state index contributed by atoms with van der Waals surface area (Å²) in [4.78, 5) is 45.5. The molecule has 1 spiro atoms. The summed E-state index contributed by atoms with van der Waals surface area (Å²) in [5.41, 5.74) is 0.530. The lowest BCUT2D eigenvalue weighted by atomic mass is 9.66. The van der Waals surface area contributed by atoms with Gasteiger partial charge in [0.05, 0.1) is 39.9 Å². The number of aliphatic hydroxyl groups is 1. The number of aliphatic hydroxyl groups excluding tert-OH is 1. The van der Waals surface area contributed by atoms with E-state index in [0.29, 0.717) is 23.6 Å². The highest BCUT2D eigenvalue weighted by Gasteiger charge is 2.77. The SMILES string of the molecule is C=CCOC(=O)[C@@H]1[C@H]2C(=O)N([C@@H](CO)[C@@H](C)CC)C(C(=O)N(CC=C)c3ccccc3Cl)C23S[C@@H]1CC3C. The predicted molar refractivity (Wildman–Crippen MR) is 151 cm³/mol. The van der Waals surface area contributed by atoms with Gasteiger partial charge in [-0.2, -0.15) is 0 Å². The zero-order chi connectivity index (χ0) is 27.8. The van der Waals surface area contributed by atoms with Gasteiger partial charge >= 0.3 is 5.97 Å². The fourth-order valence-corrected chi connectivity index (χ4v) is 9.30. The van der Waals surface area contributed by atoms with Crippen LogP contribution in [0.5, 0.6) is 0 Å². The molecule has 7 nitrogen and oxygen atoms in total. The van der Waals surface area contributed by atoms with E-state index in [0.717, 1.165) is 0 Å². The number of thioether (sulfide) groups is 1. The topological polar surface area (TPSA) is 87.1 Å². The van der Waals surface area contributed by atoms with Gasteiger partial charge in [-0.05, 0) is 30.4 Å². The van der Waals surface area contributed by atoms with Crippen LogP contribution in [0.2, 0.25) is 5.02 Å². The second-order valence-corrected chi connectivity index (χ2v) is 12.5. The van der Waals surface area contributed by atoms with Crippen molar-refractivity contribution < 1.29 is 24.2 Å². The monoisotopic (exact) mass is 560 g/mol. The Morgan fingerprint density at radius 1 is 1.34 bits per heavy atom. The molecule has 9 heteroatoms. The van der Waals surface area contributed by atoms with E-state index in [9.17, 15) is 19.5 Å². The van der Waals surface area contributed by atoms with E-state index in [1.165, 1.54) is 6.08 Å². The molecular formula is C29H37ClN2O5S. The Bertz CT molecular complexity index is 1110. The van der Waals surface area contributed by atoms with Crippen LogP contribution in [0.4, 0.5) is 5.69 Å². The largest absolute Gasteiger partial charge is 0.461 e. The average Bonchev–Trinajstić information content (AvgIpc) is 3.50. The highest BCUT2D eigenvalue weighted by molar-refractivity contribution is 8.02. The first-order chi connectivity index (χ1) is 18.2. The molecule has 3 heterocycles. The fourth-order valence-electron chi connectivity index (χ4n) is 6.67. The number of esters is 1. The molecule has 3 saturated heterocycles. The molecule has 1 aromatic carbocycles. The van der Waals surface area contributed by atoms with Crippen molar-refractivity contribution in [3.05, 3.63) is 54.6 Å². The van der Waals surface area contributed by atoms with Gasteiger partial charge in [0.2, 0.25) is 5.91 Å². The lowest BCUT2D eigenvalue weighted by Crippen LogP contribution is -2.60. The number of amides is 2. The third-order valence-electron chi connectivity index (χ3n) is 8.60. The Morgan fingerprint density at radius 3 is 2.66 bits per heavy atom. The molecule has 3 fully saturated rings. The van der Waals surface area contributed by atoms with E-state index in [4.69, 9.17) is 16.3 Å². The van der Waals surface area contributed by atoms with Crippen molar-refractivity contribution >= 4 is 46.8 Å². The number of para-hydroxylation sites is 1. The van der Waals surface area contributed by atoms with E-state index in [1.54, 1.807) is 45.8 Å². The van der Waals surface area contributed by atoms with E-state index in [1.807, 2.05) is 19.9 Å². The van der Waals surface area contributed by atoms with Crippen molar-refractivity contribution in [1.82, 2.24) is 4.90 Å². The molecule has 3 unspecified atom stereocenters. The Labute approximate surface area is 234 Å². The minimum atomic E-state index is -0.885. The first-order valence-corrected chi connectivity index (χ1v) is 14.5. The number of hydrogen-bond donors (Lipinski definition) is 1. The molecule has 0 aromatic heterocycles. The van der Waals surface area contributed by atoms with Crippen molar-refractivity contribution in [3.8, 4) is 0 Å². The van der Waals surface area contributed by atoms with Crippen LogP contribution in [0.25, 0.3) is 0 Å². The summed E-state index contributed by atoms with van der Waals surface area (Å²) >= 11 is 8.12. The van der Waals surface area contributed by atoms with Crippen LogP contribution in [0, 0.1) is 23.7 Å². The van der Waals surface area contributed by atoms with Crippen LogP contribution in [-0.4, -0.2) is 69.6 Å². The smallest absolute Gasteiger partial charge is 0.311 e. The molecule has 0 saturated carbocycles. The Balaban J connectivity index is 1.88. The molecule has 4 rings (SSSR count). The Hall–Kier alpha value is -2.29. The maximum Gasteiger partial charge on any atom is 0.311 e. The third-order valence-corrected chi connectivity index (χ3v) is 11.0. The number of rotatable bonds is 11. The number of benzene rings is 1. The highest BCUT2D eigenvalue weighted by Crippen LogP contribution is 2.69. The summed E-state index contributed by atoms with van der Waals surface area (Å²) in [6.07, 6.45) is 4.55. The third kappa shape index (κ3) is 4.38. The van der Waals surface area contributed by atoms with Gasteiger partial charge in [-0.3, -0.25) is 14.4 Å². The summed E-state index contributed by atoms with van der Waals surface area (Å²) < 4.78 is 4.62. The normalized spacial score (nSPS) is 31.0. The lowest BCUT2D eigenvalue weighted by Gasteiger charge is -2.43. The Morgan fingerprint density at radius 2 is 2.05 bits per heavy atom. The minimum Gasteiger partial charge on any atom is -0.461 e. The average molecular weight is 561 g/mol. The van der Waals surface area contributed by atoms with Gasteiger partial charge in [0, 0.05) is 11.8 Å². The quantitative estimate of drug-likeness (QED) is 0.320. The molecule has 0 radical (unpaired) electrons. The number of nitrogens with zero attached hydrogens (tertiary/aromatic N) is 2. The molecule has 2 bridgehead atoms. The molecule has 2 amide bonds. The van der Waals surface area contributed by atoms with E-state index in [-0.39, 0.29) is 48.7 Å². The number of carbonyl (C=O) groups is 3.